The van der Waals surface area contributed by atoms with Crippen LogP contribution in [0.1, 0.15) is 11.3 Å². The van der Waals surface area contributed by atoms with Crippen LogP contribution in [0, 0.1) is 6.92 Å². The van der Waals surface area contributed by atoms with Crippen LogP contribution in [0.5, 0.6) is 0 Å². The van der Waals surface area contributed by atoms with Crippen LogP contribution < -0.4 is 5.73 Å². The second kappa shape index (κ2) is 3.34. The fourth-order valence-corrected chi connectivity index (χ4v) is 0.969. The van der Waals surface area contributed by atoms with Gasteiger partial charge in [0.05, 0.1) is 5.69 Å². The van der Waals surface area contributed by atoms with Crippen molar-refractivity contribution in [2.75, 3.05) is 6.54 Å². The van der Waals surface area contributed by atoms with Crippen molar-refractivity contribution in [2.45, 2.75) is 6.92 Å². The maximum Gasteiger partial charge on any atom is 0.0877 e. The van der Waals surface area contributed by atoms with E-state index in [1.165, 1.54) is 5.56 Å². The smallest absolute Gasteiger partial charge is 0.0877 e. The molecule has 0 atom stereocenters. The number of nitrogens with two attached hydrogens (primary N) is 1. The maximum atomic E-state index is 5.31. The van der Waals surface area contributed by atoms with Gasteiger partial charge in [0, 0.05) is 19.8 Å². The van der Waals surface area contributed by atoms with Crippen molar-refractivity contribution in [3.8, 4) is 0 Å². The molecule has 0 aliphatic carbocycles. The van der Waals surface area contributed by atoms with E-state index in [0.717, 1.165) is 5.69 Å². The summed E-state index contributed by atoms with van der Waals surface area (Å²) in [5.41, 5.74) is 7.49. The SMILES string of the molecule is Cc1cn(C)nc1/C=C/CN. The molecule has 0 saturated heterocycles. The first kappa shape index (κ1) is 8.01. The van der Waals surface area contributed by atoms with Gasteiger partial charge in [0.1, 0.15) is 0 Å². The van der Waals surface area contributed by atoms with Crippen molar-refractivity contribution in [2.24, 2.45) is 12.8 Å². The second-order valence-electron chi connectivity index (χ2n) is 2.51. The third-order valence-corrected chi connectivity index (χ3v) is 1.46. The van der Waals surface area contributed by atoms with Crippen molar-refractivity contribution in [3.05, 3.63) is 23.5 Å². The van der Waals surface area contributed by atoms with Gasteiger partial charge in [-0.15, -0.1) is 0 Å². The molecule has 0 aromatic carbocycles. The van der Waals surface area contributed by atoms with E-state index in [1.807, 2.05) is 32.3 Å². The Bertz CT molecular complexity index is 260. The van der Waals surface area contributed by atoms with Crippen LogP contribution >= 0.6 is 0 Å². The third-order valence-electron chi connectivity index (χ3n) is 1.46. The van der Waals surface area contributed by atoms with E-state index in [0.29, 0.717) is 6.54 Å². The Labute approximate surface area is 66.5 Å². The van der Waals surface area contributed by atoms with Gasteiger partial charge in [-0.3, -0.25) is 4.68 Å². The van der Waals surface area contributed by atoms with Gasteiger partial charge in [0.2, 0.25) is 0 Å². The normalized spacial score (nSPS) is 11.2. The summed E-state index contributed by atoms with van der Waals surface area (Å²) in [6, 6.07) is 0. The zero-order valence-electron chi connectivity index (χ0n) is 6.91. The highest BCUT2D eigenvalue weighted by Gasteiger charge is 1.96. The molecule has 3 nitrogen and oxygen atoms in total. The Hall–Kier alpha value is -1.09. The van der Waals surface area contributed by atoms with Crippen molar-refractivity contribution in [3.63, 3.8) is 0 Å². The van der Waals surface area contributed by atoms with Crippen LogP contribution in [0.4, 0.5) is 0 Å². The molecule has 0 saturated carbocycles. The predicted molar refractivity (Wildman–Crippen MR) is 46.0 cm³/mol. The van der Waals surface area contributed by atoms with Crippen LogP contribution in [-0.2, 0) is 7.05 Å². The Morgan fingerprint density at radius 3 is 2.91 bits per heavy atom. The van der Waals surface area contributed by atoms with Crippen molar-refractivity contribution in [1.29, 1.82) is 0 Å². The van der Waals surface area contributed by atoms with E-state index in [4.69, 9.17) is 5.73 Å². The average Bonchev–Trinajstić information content (AvgIpc) is 2.26. The zero-order valence-corrected chi connectivity index (χ0v) is 6.91. The molecular weight excluding hydrogens is 138 g/mol. The largest absolute Gasteiger partial charge is 0.327 e. The monoisotopic (exact) mass is 151 g/mol. The Kier molecular flexibility index (Phi) is 2.44. The lowest BCUT2D eigenvalue weighted by Gasteiger charge is -1.85. The minimum Gasteiger partial charge on any atom is -0.327 e. The molecule has 0 fully saturated rings. The van der Waals surface area contributed by atoms with Crippen molar-refractivity contribution < 1.29 is 0 Å². The first-order chi connectivity index (χ1) is 5.24. The van der Waals surface area contributed by atoms with Gasteiger partial charge in [-0.1, -0.05) is 6.08 Å². The molecule has 0 unspecified atom stereocenters. The average molecular weight is 151 g/mol. The molecule has 2 N–H and O–H groups in total. The molecule has 1 aromatic heterocycles. The Morgan fingerprint density at radius 2 is 2.45 bits per heavy atom. The summed E-state index contributed by atoms with van der Waals surface area (Å²) in [5.74, 6) is 0. The molecule has 1 heterocycles. The molecule has 0 bridgehead atoms. The van der Waals surface area contributed by atoms with Crippen LogP contribution in [0.3, 0.4) is 0 Å². The highest BCUT2D eigenvalue weighted by atomic mass is 15.2. The standard InChI is InChI=1S/C8H13N3/c1-7-6-11(2)10-8(7)4-3-5-9/h3-4,6H,5,9H2,1-2H3/b4-3+. The van der Waals surface area contributed by atoms with Crippen molar-refractivity contribution in [1.82, 2.24) is 9.78 Å². The van der Waals surface area contributed by atoms with Gasteiger partial charge < -0.3 is 5.73 Å². The van der Waals surface area contributed by atoms with E-state index in [9.17, 15) is 0 Å². The molecule has 0 aliphatic rings. The van der Waals surface area contributed by atoms with Crippen LogP contribution in [-0.4, -0.2) is 16.3 Å². The molecule has 0 aliphatic heterocycles. The lowest BCUT2D eigenvalue weighted by atomic mass is 10.2. The van der Waals surface area contributed by atoms with Gasteiger partial charge >= 0.3 is 0 Å². The summed E-state index contributed by atoms with van der Waals surface area (Å²) in [5, 5.41) is 4.22. The maximum absolute atomic E-state index is 5.31. The van der Waals surface area contributed by atoms with E-state index in [1.54, 1.807) is 4.68 Å². The Morgan fingerprint density at radius 1 is 1.73 bits per heavy atom. The summed E-state index contributed by atoms with van der Waals surface area (Å²) in [7, 11) is 1.91. The summed E-state index contributed by atoms with van der Waals surface area (Å²) in [6.45, 7) is 2.60. The number of nitrogens with zero attached hydrogens (tertiary/aromatic N) is 2. The quantitative estimate of drug-likeness (QED) is 0.676. The molecule has 11 heavy (non-hydrogen) atoms. The van der Waals surface area contributed by atoms with Crippen molar-refractivity contribution >= 4 is 6.08 Å². The molecule has 1 aromatic rings. The summed E-state index contributed by atoms with van der Waals surface area (Å²) < 4.78 is 1.80. The van der Waals surface area contributed by atoms with Crippen LogP contribution in [0.15, 0.2) is 12.3 Å². The van der Waals surface area contributed by atoms with Gasteiger partial charge in [-0.2, -0.15) is 5.10 Å². The Balaban J connectivity index is 2.85. The van der Waals surface area contributed by atoms with E-state index in [2.05, 4.69) is 5.10 Å². The molecular formula is C8H13N3. The first-order valence-corrected chi connectivity index (χ1v) is 3.61. The summed E-state index contributed by atoms with van der Waals surface area (Å²) in [6.07, 6.45) is 5.82. The number of hydrogen-bond donors (Lipinski definition) is 1. The lowest BCUT2D eigenvalue weighted by Crippen LogP contribution is -1.92. The van der Waals surface area contributed by atoms with E-state index in [-0.39, 0.29) is 0 Å². The minimum absolute atomic E-state index is 0.565. The topological polar surface area (TPSA) is 43.8 Å². The first-order valence-electron chi connectivity index (χ1n) is 3.61. The van der Waals surface area contributed by atoms with Gasteiger partial charge in [0.25, 0.3) is 0 Å². The van der Waals surface area contributed by atoms with Gasteiger partial charge in [0.15, 0.2) is 0 Å². The third kappa shape index (κ3) is 1.91. The van der Waals surface area contributed by atoms with Gasteiger partial charge in [-0.05, 0) is 18.6 Å². The van der Waals surface area contributed by atoms with E-state index >= 15 is 0 Å². The van der Waals surface area contributed by atoms with Crippen LogP contribution in [0.2, 0.25) is 0 Å². The fourth-order valence-electron chi connectivity index (χ4n) is 0.969. The van der Waals surface area contributed by atoms with E-state index < -0.39 is 0 Å². The molecule has 0 spiro atoms. The highest BCUT2D eigenvalue weighted by molar-refractivity contribution is 5.48. The van der Waals surface area contributed by atoms with Gasteiger partial charge in [-0.25, -0.2) is 0 Å². The molecule has 3 heteroatoms. The number of rotatable bonds is 2. The number of hydrogen-bond acceptors (Lipinski definition) is 2. The summed E-state index contributed by atoms with van der Waals surface area (Å²) >= 11 is 0. The number of aromatic nitrogens is 2. The number of aryl methyl sites for hydroxylation is 2. The fraction of sp³-hybridized carbons (Fsp3) is 0.375. The lowest BCUT2D eigenvalue weighted by molar-refractivity contribution is 0.764. The summed E-state index contributed by atoms with van der Waals surface area (Å²) in [4.78, 5) is 0. The molecule has 0 radical (unpaired) electrons. The van der Waals surface area contributed by atoms with Crippen LogP contribution in [0.25, 0.3) is 6.08 Å². The molecule has 60 valence electrons. The minimum atomic E-state index is 0.565. The molecule has 0 amide bonds. The molecule has 1 rings (SSSR count). The predicted octanol–water partition coefficient (Wildman–Crippen LogP) is 0.700. The highest BCUT2D eigenvalue weighted by Crippen LogP contribution is 2.05. The second-order valence-corrected chi connectivity index (χ2v) is 2.51. The zero-order chi connectivity index (χ0) is 8.27.